The van der Waals surface area contributed by atoms with E-state index < -0.39 is 17.5 Å². The Hall–Kier alpha value is -3.97. The molecular weight excluding hydrogens is 471 g/mol. The summed E-state index contributed by atoms with van der Waals surface area (Å²) in [6, 6.07) is 17.0. The number of benzene rings is 3. The third kappa shape index (κ3) is 2.89. The maximum absolute atomic E-state index is 14.7. The molecule has 1 fully saturated rings. The van der Waals surface area contributed by atoms with E-state index in [1.807, 2.05) is 12.1 Å². The Bertz CT molecular complexity index is 1530. The Morgan fingerprint density at radius 1 is 0.919 bits per heavy atom. The van der Waals surface area contributed by atoms with Gasteiger partial charge in [0.1, 0.15) is 11.6 Å². The fourth-order valence-corrected chi connectivity index (χ4v) is 6.94. The highest BCUT2D eigenvalue weighted by Crippen LogP contribution is 2.57. The SMILES string of the molecule is O=C1C2=C(N[C@H]3CCCC[C@@H]3N3C(=O)c4ccccc4[C@@]3(O)[C@@H]2c2cc(F)ccc2O)c2ccccc21. The van der Waals surface area contributed by atoms with Crippen LogP contribution in [0.25, 0.3) is 5.70 Å². The van der Waals surface area contributed by atoms with E-state index in [1.54, 1.807) is 36.4 Å². The van der Waals surface area contributed by atoms with Gasteiger partial charge in [0.2, 0.25) is 0 Å². The number of aliphatic hydroxyl groups is 1. The molecule has 4 atom stereocenters. The average molecular weight is 497 g/mol. The molecule has 0 saturated heterocycles. The minimum absolute atomic E-state index is 0.0571. The monoisotopic (exact) mass is 496 g/mol. The summed E-state index contributed by atoms with van der Waals surface area (Å²) < 4.78 is 14.7. The van der Waals surface area contributed by atoms with Gasteiger partial charge < -0.3 is 20.4 Å². The van der Waals surface area contributed by atoms with Gasteiger partial charge in [-0.15, -0.1) is 0 Å². The van der Waals surface area contributed by atoms with Crippen molar-refractivity contribution in [1.82, 2.24) is 10.2 Å². The van der Waals surface area contributed by atoms with Crippen LogP contribution in [0.3, 0.4) is 0 Å². The second kappa shape index (κ2) is 7.76. The molecule has 2 heterocycles. The molecular formula is C30H25FN2O4. The fourth-order valence-electron chi connectivity index (χ4n) is 6.94. The van der Waals surface area contributed by atoms with E-state index in [0.29, 0.717) is 34.4 Å². The molecule has 7 rings (SSSR count). The summed E-state index contributed by atoms with van der Waals surface area (Å²) in [5.41, 5.74) is 0.739. The molecule has 1 amide bonds. The zero-order valence-electron chi connectivity index (χ0n) is 19.9. The van der Waals surface area contributed by atoms with Gasteiger partial charge in [0.05, 0.1) is 17.7 Å². The van der Waals surface area contributed by atoms with Gasteiger partial charge in [-0.05, 0) is 37.1 Å². The second-order valence-corrected chi connectivity index (χ2v) is 10.3. The Morgan fingerprint density at radius 2 is 1.62 bits per heavy atom. The first kappa shape index (κ1) is 22.2. The van der Waals surface area contributed by atoms with Crippen LogP contribution in [0.5, 0.6) is 5.75 Å². The van der Waals surface area contributed by atoms with Gasteiger partial charge in [0, 0.05) is 39.4 Å². The number of nitrogens with one attached hydrogen (secondary N) is 1. The van der Waals surface area contributed by atoms with Gasteiger partial charge in [0.15, 0.2) is 11.5 Å². The number of amides is 1. The minimum atomic E-state index is -2.01. The summed E-state index contributed by atoms with van der Waals surface area (Å²) in [4.78, 5) is 29.6. The Morgan fingerprint density at radius 3 is 2.43 bits per heavy atom. The molecule has 37 heavy (non-hydrogen) atoms. The molecule has 6 nitrogen and oxygen atoms in total. The van der Waals surface area contributed by atoms with Crippen molar-refractivity contribution in [3.05, 3.63) is 106 Å². The van der Waals surface area contributed by atoms with Gasteiger partial charge in [-0.25, -0.2) is 4.39 Å². The number of carbonyl (C=O) groups is 2. The minimum Gasteiger partial charge on any atom is -0.508 e. The van der Waals surface area contributed by atoms with Gasteiger partial charge in [-0.2, -0.15) is 0 Å². The first-order valence-electron chi connectivity index (χ1n) is 12.7. The van der Waals surface area contributed by atoms with Crippen LogP contribution in [0, 0.1) is 5.82 Å². The summed E-state index contributed by atoms with van der Waals surface area (Å²) in [5.74, 6) is -2.75. The molecule has 7 heteroatoms. The molecule has 0 bridgehead atoms. The lowest BCUT2D eigenvalue weighted by molar-refractivity contribution is -0.124. The van der Waals surface area contributed by atoms with E-state index in [-0.39, 0.29) is 40.7 Å². The van der Waals surface area contributed by atoms with Crippen molar-refractivity contribution in [3.8, 4) is 5.75 Å². The van der Waals surface area contributed by atoms with Crippen molar-refractivity contribution in [2.75, 3.05) is 0 Å². The summed E-state index contributed by atoms with van der Waals surface area (Å²) in [6.45, 7) is 0. The highest BCUT2D eigenvalue weighted by molar-refractivity contribution is 6.21. The molecule has 3 aromatic carbocycles. The Labute approximate surface area is 213 Å². The predicted octanol–water partition coefficient (Wildman–Crippen LogP) is 4.44. The third-order valence-electron chi connectivity index (χ3n) is 8.48. The maximum atomic E-state index is 14.7. The summed E-state index contributed by atoms with van der Waals surface area (Å²) in [6.07, 6.45) is 3.27. The molecule has 1 saturated carbocycles. The van der Waals surface area contributed by atoms with Crippen LogP contribution in [0.2, 0.25) is 0 Å². The standard InChI is InChI=1S/C30H25FN2O4/c31-16-13-14-24(34)20(15-16)26-25-27(17-7-1-2-8-18(17)28(25)35)32-22-11-5-6-12-23(22)33-29(36)19-9-3-4-10-21(19)30(26,33)37/h1-4,7-10,13-15,22-23,26,32,34,37H,5-6,11-12H2/t22-,23-,26+,30+/m0/s1. The highest BCUT2D eigenvalue weighted by Gasteiger charge is 2.61. The van der Waals surface area contributed by atoms with Gasteiger partial charge in [-0.3, -0.25) is 9.59 Å². The number of carbonyl (C=O) groups excluding carboxylic acids is 2. The van der Waals surface area contributed by atoms with Crippen molar-refractivity contribution < 1.29 is 24.2 Å². The zero-order valence-corrected chi connectivity index (χ0v) is 19.9. The Kier molecular flexibility index (Phi) is 4.67. The number of halogens is 1. The van der Waals surface area contributed by atoms with Gasteiger partial charge >= 0.3 is 0 Å². The number of phenols is 1. The largest absolute Gasteiger partial charge is 0.508 e. The van der Waals surface area contributed by atoms with Crippen LogP contribution < -0.4 is 5.32 Å². The molecule has 186 valence electrons. The highest BCUT2D eigenvalue weighted by atomic mass is 19.1. The fraction of sp³-hybridized carbons (Fsp3) is 0.267. The zero-order chi connectivity index (χ0) is 25.5. The van der Waals surface area contributed by atoms with Crippen molar-refractivity contribution in [2.24, 2.45) is 0 Å². The molecule has 0 radical (unpaired) electrons. The summed E-state index contributed by atoms with van der Waals surface area (Å²) in [5, 5.41) is 27.5. The van der Waals surface area contributed by atoms with Crippen LogP contribution in [0.15, 0.2) is 72.3 Å². The van der Waals surface area contributed by atoms with Crippen LogP contribution in [-0.4, -0.2) is 38.9 Å². The number of hydrogen-bond acceptors (Lipinski definition) is 5. The van der Waals surface area contributed by atoms with Crippen molar-refractivity contribution in [1.29, 1.82) is 0 Å². The van der Waals surface area contributed by atoms with Crippen LogP contribution in [0.1, 0.15) is 69.0 Å². The van der Waals surface area contributed by atoms with Crippen molar-refractivity contribution in [2.45, 2.75) is 49.4 Å². The number of phenolic OH excluding ortho intramolecular Hbond substituents is 1. The lowest BCUT2D eigenvalue weighted by atomic mass is 9.74. The second-order valence-electron chi connectivity index (χ2n) is 10.3. The number of nitrogens with zero attached hydrogens (tertiary/aromatic N) is 1. The molecule has 2 aliphatic heterocycles. The first-order valence-corrected chi connectivity index (χ1v) is 12.7. The molecule has 0 aromatic heterocycles. The van der Waals surface area contributed by atoms with E-state index in [1.165, 1.54) is 11.0 Å². The van der Waals surface area contributed by atoms with Gasteiger partial charge in [-0.1, -0.05) is 55.3 Å². The number of aromatic hydroxyl groups is 1. The van der Waals surface area contributed by atoms with Crippen LogP contribution in [0.4, 0.5) is 4.39 Å². The predicted molar refractivity (Wildman–Crippen MR) is 134 cm³/mol. The average Bonchev–Trinajstić information content (AvgIpc) is 3.30. The first-order chi connectivity index (χ1) is 17.9. The van der Waals surface area contributed by atoms with Crippen molar-refractivity contribution >= 4 is 17.4 Å². The van der Waals surface area contributed by atoms with E-state index >= 15 is 0 Å². The number of Topliss-reactive ketones (excluding diaryl/α,β-unsaturated/α-hetero) is 1. The molecule has 2 aliphatic carbocycles. The van der Waals surface area contributed by atoms with E-state index in [2.05, 4.69) is 5.32 Å². The lowest BCUT2D eigenvalue weighted by Gasteiger charge is -2.50. The van der Waals surface area contributed by atoms with Crippen molar-refractivity contribution in [3.63, 3.8) is 0 Å². The van der Waals surface area contributed by atoms with E-state index in [0.717, 1.165) is 31.4 Å². The molecule has 0 spiro atoms. The molecule has 0 unspecified atom stereocenters. The topological polar surface area (TPSA) is 89.9 Å². The number of ketones is 1. The number of rotatable bonds is 1. The smallest absolute Gasteiger partial charge is 0.257 e. The quantitative estimate of drug-likeness (QED) is 0.464. The normalized spacial score (nSPS) is 27.9. The summed E-state index contributed by atoms with van der Waals surface area (Å²) >= 11 is 0. The lowest BCUT2D eigenvalue weighted by Crippen LogP contribution is -2.61. The van der Waals surface area contributed by atoms with Crippen LogP contribution >= 0.6 is 0 Å². The Balaban J connectivity index is 1.61. The molecule has 3 N–H and O–H groups in total. The number of fused-ring (bicyclic) bond motifs is 7. The van der Waals surface area contributed by atoms with E-state index in [9.17, 15) is 24.2 Å². The van der Waals surface area contributed by atoms with Crippen LogP contribution in [-0.2, 0) is 5.72 Å². The third-order valence-corrected chi connectivity index (χ3v) is 8.48. The molecule has 4 aliphatic rings. The number of hydrogen-bond donors (Lipinski definition) is 3. The van der Waals surface area contributed by atoms with E-state index in [4.69, 9.17) is 0 Å². The molecule has 3 aromatic rings. The summed E-state index contributed by atoms with van der Waals surface area (Å²) in [7, 11) is 0. The maximum Gasteiger partial charge on any atom is 0.257 e. The van der Waals surface area contributed by atoms with Gasteiger partial charge in [0.25, 0.3) is 5.91 Å².